The van der Waals surface area contributed by atoms with E-state index in [9.17, 15) is 4.79 Å². The van der Waals surface area contributed by atoms with Crippen LogP contribution < -0.4 is 4.90 Å². The zero-order valence-corrected chi connectivity index (χ0v) is 9.68. The summed E-state index contributed by atoms with van der Waals surface area (Å²) in [4.78, 5) is 13.3. The molecule has 1 heterocycles. The van der Waals surface area contributed by atoms with E-state index in [0.717, 1.165) is 13.1 Å². The first-order valence-electron chi connectivity index (χ1n) is 5.71. The largest absolute Gasteiger partial charge is 0.481 e. The fourth-order valence-electron chi connectivity index (χ4n) is 2.42. The highest BCUT2D eigenvalue weighted by atomic mass is 16.4. The van der Waals surface area contributed by atoms with Gasteiger partial charge in [0.05, 0.1) is 5.92 Å². The van der Waals surface area contributed by atoms with Crippen LogP contribution in [0.25, 0.3) is 0 Å². The number of benzene rings is 1. The van der Waals surface area contributed by atoms with E-state index in [4.69, 9.17) is 5.11 Å². The molecule has 1 aromatic carbocycles. The molecule has 0 fully saturated rings. The molecule has 0 saturated carbocycles. The summed E-state index contributed by atoms with van der Waals surface area (Å²) in [6.07, 6.45) is 0. The van der Waals surface area contributed by atoms with Crippen molar-refractivity contribution in [2.75, 3.05) is 18.0 Å². The summed E-state index contributed by atoms with van der Waals surface area (Å²) in [5, 5.41) is 9.11. The van der Waals surface area contributed by atoms with E-state index < -0.39 is 5.97 Å². The van der Waals surface area contributed by atoms with Crippen LogP contribution in [0.3, 0.4) is 0 Å². The van der Waals surface area contributed by atoms with Gasteiger partial charge >= 0.3 is 5.97 Å². The second-order valence-corrected chi connectivity index (χ2v) is 4.33. The van der Waals surface area contributed by atoms with Gasteiger partial charge in [-0.05, 0) is 18.6 Å². The molecule has 0 bridgehead atoms. The molecule has 0 radical (unpaired) electrons. The Morgan fingerprint density at radius 2 is 2.25 bits per heavy atom. The fourth-order valence-corrected chi connectivity index (χ4v) is 2.42. The number of hydrogen-bond donors (Lipinski definition) is 1. The summed E-state index contributed by atoms with van der Waals surface area (Å²) in [5.74, 6) is -0.913. The molecule has 1 N–H and O–H groups in total. The van der Waals surface area contributed by atoms with Crippen LogP contribution >= 0.6 is 0 Å². The normalized spacial score (nSPS) is 20.6. The van der Waals surface area contributed by atoms with Crippen molar-refractivity contribution in [3.8, 4) is 0 Å². The summed E-state index contributed by atoms with van der Waals surface area (Å²) in [5.41, 5.74) is 2.38. The van der Waals surface area contributed by atoms with Gasteiger partial charge in [0.1, 0.15) is 0 Å². The Hall–Kier alpha value is -1.51. The predicted molar refractivity (Wildman–Crippen MR) is 63.9 cm³/mol. The van der Waals surface area contributed by atoms with Crippen molar-refractivity contribution >= 4 is 11.7 Å². The third kappa shape index (κ3) is 1.66. The van der Waals surface area contributed by atoms with Gasteiger partial charge in [-0.1, -0.05) is 25.1 Å². The van der Waals surface area contributed by atoms with Crippen LogP contribution in [-0.4, -0.2) is 24.2 Å². The maximum Gasteiger partial charge on any atom is 0.306 e. The number of para-hydroxylation sites is 1. The minimum absolute atomic E-state index is 0.119. The smallest absolute Gasteiger partial charge is 0.306 e. The molecular formula is C13H17NO2. The zero-order chi connectivity index (χ0) is 11.7. The Kier molecular flexibility index (Phi) is 2.86. The second-order valence-electron chi connectivity index (χ2n) is 4.33. The molecule has 3 heteroatoms. The van der Waals surface area contributed by atoms with Gasteiger partial charge in [-0.25, -0.2) is 0 Å². The molecule has 86 valence electrons. The topological polar surface area (TPSA) is 40.5 Å². The van der Waals surface area contributed by atoms with E-state index in [2.05, 4.69) is 24.0 Å². The van der Waals surface area contributed by atoms with E-state index in [-0.39, 0.29) is 11.8 Å². The van der Waals surface area contributed by atoms with Crippen molar-refractivity contribution in [1.29, 1.82) is 0 Å². The minimum Gasteiger partial charge on any atom is -0.481 e. The van der Waals surface area contributed by atoms with E-state index in [0.29, 0.717) is 0 Å². The van der Waals surface area contributed by atoms with Crippen molar-refractivity contribution in [3.05, 3.63) is 29.8 Å². The van der Waals surface area contributed by atoms with E-state index in [1.807, 2.05) is 12.1 Å². The molecule has 2 atom stereocenters. The molecule has 1 aliphatic heterocycles. The average Bonchev–Trinajstić information content (AvgIpc) is 2.66. The minimum atomic E-state index is -0.710. The number of anilines is 1. The lowest BCUT2D eigenvalue weighted by molar-refractivity contribution is -0.141. The highest BCUT2D eigenvalue weighted by Gasteiger charge is 2.34. The fraction of sp³-hybridized carbons (Fsp3) is 0.462. The Bertz CT molecular complexity index is 403. The average molecular weight is 219 g/mol. The van der Waals surface area contributed by atoms with Crippen LogP contribution in [0.1, 0.15) is 25.3 Å². The van der Waals surface area contributed by atoms with Gasteiger partial charge in [0.2, 0.25) is 0 Å². The van der Waals surface area contributed by atoms with Gasteiger partial charge in [0.15, 0.2) is 0 Å². The van der Waals surface area contributed by atoms with Crippen molar-refractivity contribution in [2.45, 2.75) is 19.8 Å². The number of fused-ring (bicyclic) bond motifs is 1. The summed E-state index contributed by atoms with van der Waals surface area (Å²) in [6.45, 7) is 5.65. The lowest BCUT2D eigenvalue weighted by Gasteiger charge is -2.18. The van der Waals surface area contributed by atoms with Crippen molar-refractivity contribution in [3.63, 3.8) is 0 Å². The molecule has 0 aliphatic carbocycles. The highest BCUT2D eigenvalue weighted by molar-refractivity contribution is 5.73. The second kappa shape index (κ2) is 4.16. The molecule has 16 heavy (non-hydrogen) atoms. The number of carboxylic acid groups (broad SMARTS) is 1. The number of carbonyl (C=O) groups is 1. The van der Waals surface area contributed by atoms with Crippen molar-refractivity contribution in [2.24, 2.45) is 5.92 Å². The van der Waals surface area contributed by atoms with Gasteiger partial charge in [-0.2, -0.15) is 0 Å². The van der Waals surface area contributed by atoms with Crippen LogP contribution in [0.2, 0.25) is 0 Å². The molecule has 0 saturated heterocycles. The van der Waals surface area contributed by atoms with Gasteiger partial charge in [-0.3, -0.25) is 4.79 Å². The molecule has 2 rings (SSSR count). The number of hydrogen-bond acceptors (Lipinski definition) is 2. The molecule has 0 spiro atoms. The third-order valence-electron chi connectivity index (χ3n) is 3.47. The summed E-state index contributed by atoms with van der Waals surface area (Å²) in [7, 11) is 0. The SMILES string of the molecule is CCN1CC(C(C)C(=O)O)c2ccccc21. The molecule has 0 aromatic heterocycles. The first kappa shape index (κ1) is 11.0. The molecule has 2 unspecified atom stereocenters. The Morgan fingerprint density at radius 3 is 2.88 bits per heavy atom. The van der Waals surface area contributed by atoms with Crippen molar-refractivity contribution < 1.29 is 9.90 Å². The maximum atomic E-state index is 11.1. The van der Waals surface area contributed by atoms with Gasteiger partial charge in [-0.15, -0.1) is 0 Å². The standard InChI is InChI=1S/C13H17NO2/c1-3-14-8-11(9(2)13(15)16)10-6-4-5-7-12(10)14/h4-7,9,11H,3,8H2,1-2H3,(H,15,16). The van der Waals surface area contributed by atoms with Crippen LogP contribution in [0, 0.1) is 5.92 Å². The number of likely N-dealkylation sites (N-methyl/N-ethyl adjacent to an activating group) is 1. The van der Waals surface area contributed by atoms with Gasteiger partial charge in [0.25, 0.3) is 0 Å². The lowest BCUT2D eigenvalue weighted by atomic mass is 9.89. The van der Waals surface area contributed by atoms with E-state index in [1.54, 1.807) is 6.92 Å². The number of rotatable bonds is 3. The van der Waals surface area contributed by atoms with Crippen LogP contribution in [0.5, 0.6) is 0 Å². The maximum absolute atomic E-state index is 11.1. The third-order valence-corrected chi connectivity index (χ3v) is 3.47. The van der Waals surface area contributed by atoms with Crippen molar-refractivity contribution in [1.82, 2.24) is 0 Å². The van der Waals surface area contributed by atoms with Crippen LogP contribution in [0.4, 0.5) is 5.69 Å². The van der Waals surface area contributed by atoms with E-state index >= 15 is 0 Å². The summed E-state index contributed by atoms with van der Waals surface area (Å²) in [6, 6.07) is 8.12. The molecular weight excluding hydrogens is 202 g/mol. The number of aliphatic carboxylic acids is 1. The highest BCUT2D eigenvalue weighted by Crippen LogP contribution is 2.39. The monoisotopic (exact) mass is 219 g/mol. The Morgan fingerprint density at radius 1 is 1.56 bits per heavy atom. The van der Waals surface area contributed by atoms with Gasteiger partial charge < -0.3 is 10.0 Å². The zero-order valence-electron chi connectivity index (χ0n) is 9.68. The molecule has 0 amide bonds. The lowest BCUT2D eigenvalue weighted by Crippen LogP contribution is -2.26. The molecule has 1 aliphatic rings. The first-order valence-corrected chi connectivity index (χ1v) is 5.71. The van der Waals surface area contributed by atoms with Gasteiger partial charge in [0, 0.05) is 24.7 Å². The van der Waals surface area contributed by atoms with Crippen LogP contribution in [0.15, 0.2) is 24.3 Å². The Balaban J connectivity index is 2.36. The van der Waals surface area contributed by atoms with E-state index in [1.165, 1.54) is 11.3 Å². The molecule has 1 aromatic rings. The Labute approximate surface area is 95.7 Å². The molecule has 3 nitrogen and oxygen atoms in total. The van der Waals surface area contributed by atoms with Crippen LogP contribution in [-0.2, 0) is 4.79 Å². The summed E-state index contributed by atoms with van der Waals surface area (Å²) >= 11 is 0. The summed E-state index contributed by atoms with van der Waals surface area (Å²) < 4.78 is 0. The number of carboxylic acids is 1. The first-order chi connectivity index (χ1) is 7.65. The predicted octanol–water partition coefficient (Wildman–Crippen LogP) is 2.33. The quantitative estimate of drug-likeness (QED) is 0.848. The number of nitrogens with zero attached hydrogens (tertiary/aromatic N) is 1.